The van der Waals surface area contributed by atoms with Crippen LogP contribution in [-0.2, 0) is 23.9 Å². The van der Waals surface area contributed by atoms with Gasteiger partial charge in [-0.05, 0) is 156 Å². The number of hydrogen-bond acceptors (Lipinski definition) is 8. The van der Waals surface area contributed by atoms with Crippen LogP contribution in [-0.4, -0.2) is 56.1 Å². The molecule has 2 amide bonds. The fraction of sp³-hybridized carbons (Fsp3) is 0.387. The maximum absolute atomic E-state index is 13.7. The Morgan fingerprint density at radius 1 is 0.584 bits per heavy atom. The number of nitrogens with zero attached hydrogens (tertiary/aromatic N) is 2. The summed E-state index contributed by atoms with van der Waals surface area (Å²) >= 11 is 0. The number of pyridine rings is 2. The van der Waals surface area contributed by atoms with E-state index < -0.39 is 36.1 Å². The second kappa shape index (κ2) is 29.6. The van der Waals surface area contributed by atoms with E-state index in [0.29, 0.717) is 24.7 Å². The molecule has 77 heavy (non-hydrogen) atoms. The summed E-state index contributed by atoms with van der Waals surface area (Å²) in [5, 5.41) is 15.7. The van der Waals surface area contributed by atoms with Crippen LogP contribution < -0.4 is 40.6 Å². The van der Waals surface area contributed by atoms with E-state index in [0.717, 1.165) is 51.8 Å². The molecular formula is C62H77LiN4O10. The number of aliphatic carboxylic acids is 1. The number of aryl methyl sites for hydroxylation is 2. The molecule has 0 aliphatic heterocycles. The molecule has 0 saturated heterocycles. The van der Waals surface area contributed by atoms with Gasteiger partial charge >= 0.3 is 30.8 Å². The summed E-state index contributed by atoms with van der Waals surface area (Å²) in [4.78, 5) is 76.5. The van der Waals surface area contributed by atoms with Gasteiger partial charge in [0.05, 0.1) is 32.0 Å². The number of carbonyl (C=O) groups is 4. The Morgan fingerprint density at radius 3 is 1.30 bits per heavy atom. The average Bonchev–Trinajstić information content (AvgIpc) is 4.31. The van der Waals surface area contributed by atoms with E-state index in [9.17, 15) is 33.9 Å². The van der Waals surface area contributed by atoms with E-state index in [1.54, 1.807) is 36.7 Å². The van der Waals surface area contributed by atoms with Gasteiger partial charge < -0.3 is 40.6 Å². The molecule has 0 bridgehead atoms. The number of benzene rings is 4. The van der Waals surface area contributed by atoms with Crippen LogP contribution in [0.25, 0.3) is 22.3 Å². The first-order valence-corrected chi connectivity index (χ1v) is 25.7. The maximum atomic E-state index is 13.7. The van der Waals surface area contributed by atoms with Gasteiger partial charge in [-0.2, -0.15) is 0 Å². The molecule has 14 nitrogen and oxygen atoms in total. The van der Waals surface area contributed by atoms with E-state index in [4.69, 9.17) is 4.74 Å². The van der Waals surface area contributed by atoms with Crippen molar-refractivity contribution < 1.29 is 58.8 Å². The molecule has 0 spiro atoms. The van der Waals surface area contributed by atoms with Gasteiger partial charge in [0.25, 0.3) is 11.1 Å². The smallest absolute Gasteiger partial charge is 0.870 e. The molecule has 0 radical (unpaired) electrons. The van der Waals surface area contributed by atoms with Gasteiger partial charge in [-0.15, -0.1) is 0 Å². The fourth-order valence-corrected chi connectivity index (χ4v) is 9.75. The monoisotopic (exact) mass is 1040 g/mol. The minimum atomic E-state index is -0.999. The van der Waals surface area contributed by atoms with Crippen molar-refractivity contribution in [2.45, 2.75) is 136 Å². The molecule has 2 aliphatic rings. The van der Waals surface area contributed by atoms with Crippen LogP contribution in [0.4, 0.5) is 0 Å². The predicted molar refractivity (Wildman–Crippen MR) is 299 cm³/mol. The third kappa shape index (κ3) is 17.1. The van der Waals surface area contributed by atoms with Gasteiger partial charge in [-0.1, -0.05) is 120 Å². The van der Waals surface area contributed by atoms with Crippen molar-refractivity contribution in [3.63, 3.8) is 0 Å². The Bertz CT molecular complexity index is 3050. The first-order valence-electron chi connectivity index (χ1n) is 25.7. The molecule has 6 aromatic rings. The molecular weight excluding hydrogens is 968 g/mol. The topological polar surface area (TPSA) is 227 Å². The van der Waals surface area contributed by atoms with Crippen LogP contribution in [0.2, 0.25) is 0 Å². The largest absolute Gasteiger partial charge is 1.00 e. The molecule has 2 saturated carbocycles. The van der Waals surface area contributed by atoms with E-state index in [-0.39, 0.29) is 84.8 Å². The number of carboxylic acids is 1. The number of amides is 2. The zero-order valence-electron chi connectivity index (χ0n) is 45.1. The van der Waals surface area contributed by atoms with Gasteiger partial charge in [0.2, 0.25) is 11.8 Å². The van der Waals surface area contributed by atoms with E-state index in [1.807, 2.05) is 70.2 Å². The Morgan fingerprint density at radius 2 is 0.961 bits per heavy atom. The maximum Gasteiger partial charge on any atom is 1.00 e. The number of methoxy groups -OCH3 is 1. The fourth-order valence-electron chi connectivity index (χ4n) is 9.75. The summed E-state index contributed by atoms with van der Waals surface area (Å²) < 4.78 is 7.88. The molecule has 4 aromatic carbocycles. The van der Waals surface area contributed by atoms with Crippen LogP contribution in [0.15, 0.2) is 143 Å². The van der Waals surface area contributed by atoms with Crippen molar-refractivity contribution in [1.29, 1.82) is 0 Å². The number of hydrogen-bond donors (Lipinski definition) is 3. The minimum absolute atomic E-state index is 0. The summed E-state index contributed by atoms with van der Waals surface area (Å²) in [5.74, 6) is -0.651. The third-order valence-corrected chi connectivity index (χ3v) is 13.8. The van der Waals surface area contributed by atoms with Crippen molar-refractivity contribution in [2.24, 2.45) is 11.8 Å². The summed E-state index contributed by atoms with van der Waals surface area (Å²) in [5.41, 5.74) is 10.5. The van der Waals surface area contributed by atoms with Crippen LogP contribution in [0.1, 0.15) is 156 Å². The molecule has 4 atom stereocenters. The van der Waals surface area contributed by atoms with Crippen molar-refractivity contribution in [3.05, 3.63) is 188 Å². The van der Waals surface area contributed by atoms with Crippen LogP contribution in [0, 0.1) is 25.7 Å². The normalized spacial score (nSPS) is 14.0. The van der Waals surface area contributed by atoms with Crippen LogP contribution >= 0.6 is 0 Å². The number of esters is 1. The first kappa shape index (κ1) is 64.5. The van der Waals surface area contributed by atoms with Crippen molar-refractivity contribution in [2.75, 3.05) is 7.11 Å². The average molecular weight is 1050 g/mol. The summed E-state index contributed by atoms with van der Waals surface area (Å²) in [6.45, 7) is 12.2. The molecule has 6 N–H and O–H groups in total. The molecule has 2 aliphatic carbocycles. The van der Waals surface area contributed by atoms with Crippen LogP contribution in [0.3, 0.4) is 0 Å². The Hall–Kier alpha value is -6.82. The zero-order valence-corrected chi connectivity index (χ0v) is 45.1. The molecule has 2 fully saturated rings. The molecule has 2 aromatic heterocycles. The minimum Gasteiger partial charge on any atom is -0.870 e. The van der Waals surface area contributed by atoms with Gasteiger partial charge in [-0.3, -0.25) is 28.8 Å². The Labute approximate surface area is 465 Å². The number of rotatable bonds is 20. The van der Waals surface area contributed by atoms with E-state index in [2.05, 4.69) is 66.9 Å². The van der Waals surface area contributed by atoms with Gasteiger partial charge in [0.1, 0.15) is 12.1 Å². The van der Waals surface area contributed by atoms with Crippen molar-refractivity contribution in [1.82, 2.24) is 19.8 Å². The quantitative estimate of drug-likeness (QED) is 0.0497. The number of aromatic nitrogens is 2. The second-order valence-corrected chi connectivity index (χ2v) is 20.6. The Kier molecular flexibility index (Phi) is 24.8. The SMILES string of the molecule is C.COC(=O)CC(NC(=O)C(CC(C)C)n1ccccc1=O)c1ccc(C2CC2)c(-c2ccccc2C)c1.Cc1ccccc1-c1cc(C(CC(=O)O)NC(=O)C(CC(C)C)n2ccccc2=O)ccc1C1CC1.O.[Li+].[OH-]. The molecule has 8 rings (SSSR count). The zero-order chi connectivity index (χ0) is 52.3. The number of nitrogens with one attached hydrogen (secondary N) is 2. The number of carbonyl (C=O) groups excluding carboxylic acids is 3. The summed E-state index contributed by atoms with van der Waals surface area (Å²) in [6.07, 6.45) is 8.60. The van der Waals surface area contributed by atoms with E-state index >= 15 is 0 Å². The molecule has 2 heterocycles. The molecule has 4 unspecified atom stereocenters. The number of ether oxygens (including phenoxy) is 1. The molecule has 15 heteroatoms. The van der Waals surface area contributed by atoms with Crippen molar-refractivity contribution in [3.8, 4) is 22.3 Å². The third-order valence-electron chi connectivity index (χ3n) is 13.8. The second-order valence-electron chi connectivity index (χ2n) is 20.6. The van der Waals surface area contributed by atoms with Gasteiger partial charge in [-0.25, -0.2) is 0 Å². The van der Waals surface area contributed by atoms with Crippen molar-refractivity contribution >= 4 is 23.8 Å². The molecule has 406 valence electrons. The van der Waals surface area contributed by atoms with E-state index in [1.165, 1.54) is 57.9 Å². The standard InChI is InChI=1S/C31H36N2O4.C30H34N2O4.CH4.Li.2H2O/c1-20(2)17-28(33-16-8-7-11-29(33)34)31(36)32-27(19-30(35)37-4)23-14-15-25(22-12-13-22)26(18-23)24-10-6-5-9-21(24)3;1-19(2)16-27(32-15-7-6-10-28(32)33)30(36)31-26(18-29(34)35)22-13-14-24(21-11-12-21)25(17-22)23-9-5-4-8-20(23)3;;;;/h5-11,14-16,18,20,22,27-28H,12-13,17,19H2,1-4H3,(H,32,36);4-10,13-15,17,19,21,26-27H,11-12,16,18H2,1-3H3,(H,31,36)(H,34,35);1H4;;2*1H2/q;;;+1;;/p-1. The van der Waals surface area contributed by atoms with Gasteiger partial charge in [0.15, 0.2) is 0 Å². The summed E-state index contributed by atoms with van der Waals surface area (Å²) in [7, 11) is 1.35. The van der Waals surface area contributed by atoms with Gasteiger partial charge in [0, 0.05) is 24.5 Å². The van der Waals surface area contributed by atoms with Crippen LogP contribution in [0.5, 0.6) is 0 Å². The predicted octanol–water partition coefficient (Wildman–Crippen LogP) is 7.97. The Balaban J connectivity index is 0.000000385. The summed E-state index contributed by atoms with van der Waals surface area (Å²) in [6, 6.07) is 35.7. The first-order chi connectivity index (χ1) is 35.0. The number of carboxylic acid groups (broad SMARTS) is 1.